The van der Waals surface area contributed by atoms with Crippen molar-refractivity contribution in [2.24, 2.45) is 58.2 Å². The van der Waals surface area contributed by atoms with Crippen LogP contribution in [0.2, 0.25) is 0 Å². The maximum atomic E-state index is 12.6. The molecular weight excluding hydrogens is 534 g/mol. The van der Waals surface area contributed by atoms with Crippen LogP contribution in [-0.4, -0.2) is 37.1 Å². The number of aliphatic hydroxyl groups excluding tert-OH is 2. The summed E-state index contributed by atoms with van der Waals surface area (Å²) in [6, 6.07) is 7.54. The van der Waals surface area contributed by atoms with Crippen molar-refractivity contribution in [2.45, 2.75) is 110 Å². The quantitative estimate of drug-likeness (QED) is 0.281. The zero-order valence-electron chi connectivity index (χ0n) is 25.3. The van der Waals surface area contributed by atoms with Gasteiger partial charge in [-0.3, -0.25) is 9.35 Å². The monoisotopic (exact) mass is 585 g/mol. The number of rotatable bonds is 7. The highest BCUT2D eigenvalue weighted by Gasteiger charge is 2.65. The van der Waals surface area contributed by atoms with E-state index < -0.39 is 17.2 Å². The molecule has 14 atom stereocenters. The van der Waals surface area contributed by atoms with Crippen LogP contribution in [0.1, 0.15) is 114 Å². The summed E-state index contributed by atoms with van der Waals surface area (Å²) in [4.78, 5) is 12.6. The van der Waals surface area contributed by atoms with E-state index in [1.54, 1.807) is 6.07 Å². The van der Waals surface area contributed by atoms with E-state index in [0.29, 0.717) is 58.8 Å². The van der Waals surface area contributed by atoms with Crippen LogP contribution in [0.3, 0.4) is 0 Å². The van der Waals surface area contributed by atoms with Gasteiger partial charge in [0.2, 0.25) is 0 Å². The molecular formula is C34H51NO5S. The molecule has 6 nitrogen and oxygen atoms in total. The van der Waals surface area contributed by atoms with E-state index >= 15 is 0 Å². The largest absolute Gasteiger partial charge is 0.393 e. The van der Waals surface area contributed by atoms with Gasteiger partial charge in [0.15, 0.2) is 0 Å². The van der Waals surface area contributed by atoms with Gasteiger partial charge in [-0.1, -0.05) is 52.3 Å². The predicted molar refractivity (Wildman–Crippen MR) is 161 cm³/mol. The Bertz CT molecular complexity index is 1180. The highest BCUT2D eigenvalue weighted by Crippen LogP contribution is 2.70. The summed E-state index contributed by atoms with van der Waals surface area (Å²) in [6.45, 7) is 9.75. The molecule has 5 fully saturated rings. The fourth-order valence-corrected chi connectivity index (χ4v) is 11.9. The standard InChI is InChI=1S/C34H51NO5S/c1-5-22-29-18-21(36)12-14-34(29,4)28-13-15-33(3)26(10-11-27(33)30(28)31(22)37)19(2)16-20-17-25(20)23-8-6-7-9-24(23)32(38)35-41(39)40/h6-9,19-22,25-31,36-37H,5,10-18H2,1-4H3,(H,35,38)(H,39,40)/t19-,20?,21-,22-,25-,26-,27?,28?,29+,30?,31-,33-,34-/m1/s1. The van der Waals surface area contributed by atoms with Crippen molar-refractivity contribution in [3.05, 3.63) is 35.4 Å². The summed E-state index contributed by atoms with van der Waals surface area (Å²) in [6.07, 6.45) is 10.5. The van der Waals surface area contributed by atoms with Crippen LogP contribution < -0.4 is 4.72 Å². The molecule has 1 amide bonds. The van der Waals surface area contributed by atoms with Gasteiger partial charge in [-0.2, -0.15) is 0 Å². The van der Waals surface area contributed by atoms with Gasteiger partial charge in [0.1, 0.15) is 0 Å². The molecule has 0 aromatic heterocycles. The van der Waals surface area contributed by atoms with Crippen LogP contribution in [0.4, 0.5) is 0 Å². The number of hydrogen-bond donors (Lipinski definition) is 4. The number of aliphatic hydroxyl groups is 2. The first-order valence-corrected chi connectivity index (χ1v) is 17.5. The number of hydrogen-bond acceptors (Lipinski definition) is 4. The van der Waals surface area contributed by atoms with Crippen LogP contribution in [-0.2, 0) is 11.3 Å². The van der Waals surface area contributed by atoms with Gasteiger partial charge in [0.05, 0.1) is 12.2 Å². The Kier molecular flexibility index (Phi) is 8.00. The van der Waals surface area contributed by atoms with Crippen LogP contribution >= 0.6 is 0 Å². The SMILES string of the molecule is CC[C@H]1[C@@H](O)C2C3CC[C@H]([C@H](C)CC4C[C@H]4c4ccccc4C(=O)NS(=O)O)[C@@]3(C)CCC2[C@@]2(C)CC[C@@H](O)C[C@@H]12. The minimum absolute atomic E-state index is 0.206. The molecule has 1 aromatic rings. The Balaban J connectivity index is 1.17. The number of benzene rings is 1. The Morgan fingerprint density at radius 2 is 1.73 bits per heavy atom. The predicted octanol–water partition coefficient (Wildman–Crippen LogP) is 6.31. The van der Waals surface area contributed by atoms with E-state index in [-0.39, 0.29) is 23.0 Å². The molecule has 5 saturated carbocycles. The molecule has 0 heterocycles. The third-order valence-corrected chi connectivity index (χ3v) is 13.9. The Morgan fingerprint density at radius 3 is 2.46 bits per heavy atom. The third kappa shape index (κ3) is 4.95. The summed E-state index contributed by atoms with van der Waals surface area (Å²) in [5.74, 6) is 3.85. The maximum Gasteiger partial charge on any atom is 0.264 e. The summed E-state index contributed by atoms with van der Waals surface area (Å²) in [7, 11) is 0. The van der Waals surface area contributed by atoms with Gasteiger partial charge in [0, 0.05) is 5.56 Å². The topological polar surface area (TPSA) is 107 Å². The van der Waals surface area contributed by atoms with Crippen molar-refractivity contribution in [1.29, 1.82) is 0 Å². The lowest BCUT2D eigenvalue weighted by atomic mass is 9.41. The van der Waals surface area contributed by atoms with Crippen LogP contribution in [0, 0.1) is 58.2 Å². The zero-order valence-corrected chi connectivity index (χ0v) is 26.1. The van der Waals surface area contributed by atoms with Crippen LogP contribution in [0.25, 0.3) is 0 Å². The van der Waals surface area contributed by atoms with Gasteiger partial charge in [-0.05, 0) is 134 Å². The lowest BCUT2D eigenvalue weighted by Gasteiger charge is -2.64. The Labute approximate surface area is 248 Å². The highest BCUT2D eigenvalue weighted by molar-refractivity contribution is 7.77. The molecule has 5 unspecified atom stereocenters. The van der Waals surface area contributed by atoms with E-state index in [4.69, 9.17) is 4.55 Å². The minimum atomic E-state index is -2.37. The number of nitrogens with one attached hydrogen (secondary N) is 1. The Morgan fingerprint density at radius 1 is 1.02 bits per heavy atom. The molecule has 41 heavy (non-hydrogen) atoms. The number of carbonyl (C=O) groups excluding carboxylic acids is 1. The highest BCUT2D eigenvalue weighted by atomic mass is 32.2. The number of fused-ring (bicyclic) bond motifs is 5. The molecule has 7 heteroatoms. The molecule has 1 aromatic carbocycles. The summed E-state index contributed by atoms with van der Waals surface area (Å²) < 4.78 is 22.5. The van der Waals surface area contributed by atoms with Gasteiger partial charge >= 0.3 is 0 Å². The summed E-state index contributed by atoms with van der Waals surface area (Å²) in [5, 5.41) is 22.5. The first-order valence-electron chi connectivity index (χ1n) is 16.4. The fourth-order valence-electron chi connectivity index (χ4n) is 11.6. The second kappa shape index (κ2) is 11.0. The Hall–Kier alpha value is -1.28. The van der Waals surface area contributed by atoms with E-state index in [0.717, 1.165) is 44.1 Å². The van der Waals surface area contributed by atoms with E-state index in [1.165, 1.54) is 25.7 Å². The van der Waals surface area contributed by atoms with Crippen molar-refractivity contribution >= 4 is 17.2 Å². The van der Waals surface area contributed by atoms with Crippen molar-refractivity contribution in [2.75, 3.05) is 0 Å². The van der Waals surface area contributed by atoms with Crippen LogP contribution in [0.5, 0.6) is 0 Å². The lowest BCUT2D eigenvalue weighted by Crippen LogP contribution is -2.62. The van der Waals surface area contributed by atoms with Gasteiger partial charge in [-0.25, -0.2) is 8.93 Å². The fraction of sp³-hybridized carbons (Fsp3) is 0.794. The van der Waals surface area contributed by atoms with Gasteiger partial charge in [0.25, 0.3) is 17.2 Å². The van der Waals surface area contributed by atoms with Crippen molar-refractivity contribution in [1.82, 2.24) is 4.72 Å². The van der Waals surface area contributed by atoms with Crippen molar-refractivity contribution < 1.29 is 23.8 Å². The lowest BCUT2D eigenvalue weighted by molar-refractivity contribution is -0.203. The minimum Gasteiger partial charge on any atom is -0.393 e. The molecule has 0 aliphatic heterocycles. The third-order valence-electron chi connectivity index (χ3n) is 13.5. The average molecular weight is 586 g/mol. The van der Waals surface area contributed by atoms with Crippen LogP contribution in [0.15, 0.2) is 24.3 Å². The molecule has 6 rings (SSSR count). The second-order valence-corrected chi connectivity index (χ2v) is 15.9. The first-order chi connectivity index (χ1) is 19.5. The molecule has 5 aliphatic carbocycles. The zero-order chi connectivity index (χ0) is 29.3. The molecule has 0 bridgehead atoms. The first kappa shape index (κ1) is 29.8. The summed E-state index contributed by atoms with van der Waals surface area (Å²) in [5.41, 5.74) is 2.00. The average Bonchev–Trinajstić information content (AvgIpc) is 3.59. The molecule has 0 radical (unpaired) electrons. The van der Waals surface area contributed by atoms with Gasteiger partial charge in [-0.15, -0.1) is 0 Å². The van der Waals surface area contributed by atoms with Gasteiger partial charge < -0.3 is 10.2 Å². The number of amides is 1. The van der Waals surface area contributed by atoms with E-state index in [1.807, 2.05) is 18.2 Å². The number of carbonyl (C=O) groups is 1. The second-order valence-electron chi connectivity index (χ2n) is 15.2. The molecule has 0 spiro atoms. The molecule has 228 valence electrons. The molecule has 4 N–H and O–H groups in total. The smallest absolute Gasteiger partial charge is 0.264 e. The van der Waals surface area contributed by atoms with Crippen molar-refractivity contribution in [3.8, 4) is 0 Å². The normalized spacial score (nSPS) is 46.5. The van der Waals surface area contributed by atoms with E-state index in [9.17, 15) is 19.2 Å². The molecule has 5 aliphatic rings. The van der Waals surface area contributed by atoms with Crippen molar-refractivity contribution in [3.63, 3.8) is 0 Å². The van der Waals surface area contributed by atoms with E-state index in [2.05, 4.69) is 32.4 Å². The summed E-state index contributed by atoms with van der Waals surface area (Å²) >= 11 is -2.37. The molecule has 0 saturated heterocycles. The maximum absolute atomic E-state index is 12.6.